The minimum Gasteiger partial charge on any atom is -0.489 e. The van der Waals surface area contributed by atoms with Crippen LogP contribution in [0.25, 0.3) is 0 Å². The van der Waals surface area contributed by atoms with Gasteiger partial charge in [-0.15, -0.1) is 0 Å². The number of aromatic nitrogens is 1. The van der Waals surface area contributed by atoms with Crippen molar-refractivity contribution in [1.29, 1.82) is 0 Å². The van der Waals surface area contributed by atoms with E-state index in [1.165, 1.54) is 30.6 Å². The summed E-state index contributed by atoms with van der Waals surface area (Å²) in [6.45, 7) is -2.52. The topological polar surface area (TPSA) is 69.7 Å². The van der Waals surface area contributed by atoms with Gasteiger partial charge in [0.1, 0.15) is 11.5 Å². The van der Waals surface area contributed by atoms with Crippen LogP contribution in [-0.2, 0) is 0 Å². The summed E-state index contributed by atoms with van der Waals surface area (Å²) in [7, 11) is 0. The van der Waals surface area contributed by atoms with Gasteiger partial charge >= 0.3 is 6.61 Å². The lowest BCUT2D eigenvalue weighted by Crippen LogP contribution is -2.14. The second-order valence-electron chi connectivity index (χ2n) is 5.74. The second kappa shape index (κ2) is 8.05. The van der Waals surface area contributed by atoms with E-state index in [-0.39, 0.29) is 33.1 Å². The molecule has 2 aromatic rings. The van der Waals surface area contributed by atoms with E-state index in [0.717, 1.165) is 12.8 Å². The number of hydrogen-bond acceptors (Lipinski definition) is 4. The third-order valence-corrected chi connectivity index (χ3v) is 4.24. The fourth-order valence-corrected chi connectivity index (χ4v) is 2.61. The van der Waals surface area contributed by atoms with Gasteiger partial charge in [-0.3, -0.25) is 4.98 Å². The number of halogens is 4. The molecular weight excluding hydrogens is 387 g/mol. The third kappa shape index (κ3) is 4.74. The predicted octanol–water partition coefficient (Wildman–Crippen LogP) is 4.82. The Hall–Kier alpha value is -2.12. The second-order valence-corrected chi connectivity index (χ2v) is 6.56. The van der Waals surface area contributed by atoms with Crippen LogP contribution in [0.15, 0.2) is 35.6 Å². The number of pyridine rings is 1. The van der Waals surface area contributed by atoms with Crippen molar-refractivity contribution >= 4 is 34.7 Å². The van der Waals surface area contributed by atoms with Crippen LogP contribution in [0, 0.1) is 5.92 Å². The molecular formula is C17H15Cl2F2N3O2. The highest BCUT2D eigenvalue weighted by Crippen LogP contribution is 2.35. The third-order valence-electron chi connectivity index (χ3n) is 3.69. The summed E-state index contributed by atoms with van der Waals surface area (Å²) in [5, 5.41) is 0.478. The molecule has 0 radical (unpaired) electrons. The Morgan fingerprint density at radius 2 is 1.92 bits per heavy atom. The monoisotopic (exact) mass is 401 g/mol. The van der Waals surface area contributed by atoms with Crippen molar-refractivity contribution in [3.05, 3.63) is 46.2 Å². The normalized spacial score (nSPS) is 14.6. The van der Waals surface area contributed by atoms with Crippen molar-refractivity contribution in [3.63, 3.8) is 0 Å². The molecule has 3 rings (SSSR count). The number of hydrogen-bond donors (Lipinski definition) is 1. The zero-order valence-corrected chi connectivity index (χ0v) is 15.0. The molecule has 2 N–H and O–H groups in total. The summed E-state index contributed by atoms with van der Waals surface area (Å²) in [4.78, 5) is 8.06. The molecule has 1 aliphatic rings. The molecule has 0 spiro atoms. The molecule has 0 aliphatic heterocycles. The molecule has 138 valence electrons. The zero-order chi connectivity index (χ0) is 18.7. The summed E-state index contributed by atoms with van der Waals surface area (Å²) in [5.41, 5.74) is 6.75. The number of benzene rings is 1. The number of ether oxygens (including phenoxy) is 2. The molecule has 1 fully saturated rings. The number of alkyl halides is 2. The van der Waals surface area contributed by atoms with Gasteiger partial charge < -0.3 is 15.2 Å². The van der Waals surface area contributed by atoms with Crippen LogP contribution < -0.4 is 15.2 Å². The molecule has 5 nitrogen and oxygen atoms in total. The predicted molar refractivity (Wildman–Crippen MR) is 95.9 cm³/mol. The van der Waals surface area contributed by atoms with E-state index >= 15 is 0 Å². The van der Waals surface area contributed by atoms with Gasteiger partial charge in [0, 0.05) is 18.0 Å². The Kier molecular flexibility index (Phi) is 5.78. The van der Waals surface area contributed by atoms with Gasteiger partial charge in [0.05, 0.1) is 16.7 Å². The van der Waals surface area contributed by atoms with E-state index in [4.69, 9.17) is 33.7 Å². The molecule has 1 heterocycles. The Balaban J connectivity index is 1.90. The largest absolute Gasteiger partial charge is 0.489 e. The summed E-state index contributed by atoms with van der Waals surface area (Å²) >= 11 is 12.1. The van der Waals surface area contributed by atoms with Gasteiger partial charge in [-0.25, -0.2) is 4.99 Å². The van der Waals surface area contributed by atoms with Crippen LogP contribution in [0.3, 0.4) is 0 Å². The Labute approximate surface area is 158 Å². The van der Waals surface area contributed by atoms with Gasteiger partial charge in [0.25, 0.3) is 0 Å². The van der Waals surface area contributed by atoms with Gasteiger partial charge in [0.15, 0.2) is 11.5 Å². The molecule has 0 atom stereocenters. The standard InChI is InChI=1S/C17H15Cl2F2N3O2/c18-11-6-23-7-12(19)15(11)24-16(22)10-3-4-13(26-17(20)21)14(5-10)25-8-9-1-2-9/h3-7,9,17H,1-2,8H2,(H2,22,23,24). The molecule has 1 aliphatic carbocycles. The van der Waals surface area contributed by atoms with Gasteiger partial charge in [-0.1, -0.05) is 23.2 Å². The summed E-state index contributed by atoms with van der Waals surface area (Å²) in [6.07, 6.45) is 4.91. The van der Waals surface area contributed by atoms with Crippen molar-refractivity contribution < 1.29 is 18.3 Å². The van der Waals surface area contributed by atoms with E-state index in [1.54, 1.807) is 0 Å². The first-order chi connectivity index (χ1) is 12.4. The molecule has 0 bridgehead atoms. The van der Waals surface area contributed by atoms with Crippen molar-refractivity contribution in [3.8, 4) is 11.5 Å². The van der Waals surface area contributed by atoms with Crippen molar-refractivity contribution in [1.82, 2.24) is 4.98 Å². The first kappa shape index (κ1) is 18.7. The lowest BCUT2D eigenvalue weighted by atomic mass is 10.2. The zero-order valence-electron chi connectivity index (χ0n) is 13.5. The van der Waals surface area contributed by atoms with E-state index in [0.29, 0.717) is 18.1 Å². The minimum absolute atomic E-state index is 0.0582. The molecule has 1 saturated carbocycles. The summed E-state index contributed by atoms with van der Waals surface area (Å²) in [6, 6.07) is 4.37. The smallest absolute Gasteiger partial charge is 0.387 e. The summed E-state index contributed by atoms with van der Waals surface area (Å²) in [5.74, 6) is 0.662. The molecule has 9 heteroatoms. The number of amidine groups is 1. The average molecular weight is 402 g/mol. The SMILES string of the molecule is NC(=Nc1c(Cl)cncc1Cl)c1ccc(OC(F)F)c(OCC2CC2)c1. The van der Waals surface area contributed by atoms with Crippen molar-refractivity contribution in [2.45, 2.75) is 19.5 Å². The fourth-order valence-electron chi connectivity index (χ4n) is 2.16. The van der Waals surface area contributed by atoms with Crippen LogP contribution in [0.1, 0.15) is 18.4 Å². The number of aliphatic imine (C=N–C) groups is 1. The van der Waals surface area contributed by atoms with Crippen molar-refractivity contribution in [2.75, 3.05) is 6.61 Å². The van der Waals surface area contributed by atoms with Gasteiger partial charge in [0.2, 0.25) is 0 Å². The number of nitrogens with zero attached hydrogens (tertiary/aromatic N) is 2. The molecule has 0 unspecified atom stereocenters. The molecule has 1 aromatic carbocycles. The molecule has 0 saturated heterocycles. The number of nitrogens with two attached hydrogens (primary N) is 1. The average Bonchev–Trinajstić information content (AvgIpc) is 3.41. The lowest BCUT2D eigenvalue weighted by Gasteiger charge is -2.13. The van der Waals surface area contributed by atoms with Gasteiger partial charge in [-0.2, -0.15) is 8.78 Å². The van der Waals surface area contributed by atoms with Crippen LogP contribution in [-0.4, -0.2) is 24.0 Å². The molecule has 1 aromatic heterocycles. The van der Waals surface area contributed by atoms with Crippen LogP contribution in [0.4, 0.5) is 14.5 Å². The summed E-state index contributed by atoms with van der Waals surface area (Å²) < 4.78 is 35.3. The van der Waals surface area contributed by atoms with E-state index in [1.807, 2.05) is 0 Å². The van der Waals surface area contributed by atoms with E-state index in [2.05, 4.69) is 14.7 Å². The number of rotatable bonds is 7. The highest BCUT2D eigenvalue weighted by Gasteiger charge is 2.23. The molecule has 26 heavy (non-hydrogen) atoms. The van der Waals surface area contributed by atoms with E-state index in [9.17, 15) is 8.78 Å². The quantitative estimate of drug-likeness (QED) is 0.533. The first-order valence-corrected chi connectivity index (χ1v) is 8.55. The highest BCUT2D eigenvalue weighted by atomic mass is 35.5. The fraction of sp³-hybridized carbons (Fsp3) is 0.294. The van der Waals surface area contributed by atoms with Crippen LogP contribution in [0.2, 0.25) is 10.0 Å². The minimum atomic E-state index is -2.95. The first-order valence-electron chi connectivity index (χ1n) is 7.79. The van der Waals surface area contributed by atoms with Gasteiger partial charge in [-0.05, 0) is 37.0 Å². The maximum atomic E-state index is 12.6. The van der Waals surface area contributed by atoms with E-state index < -0.39 is 6.61 Å². The maximum absolute atomic E-state index is 12.6. The molecule has 0 amide bonds. The highest BCUT2D eigenvalue weighted by molar-refractivity contribution is 6.38. The lowest BCUT2D eigenvalue weighted by molar-refractivity contribution is -0.0515. The Morgan fingerprint density at radius 1 is 1.23 bits per heavy atom. The Morgan fingerprint density at radius 3 is 2.54 bits per heavy atom. The van der Waals surface area contributed by atoms with Crippen molar-refractivity contribution in [2.24, 2.45) is 16.6 Å². The maximum Gasteiger partial charge on any atom is 0.387 e. The Bertz CT molecular complexity index is 809. The van der Waals surface area contributed by atoms with Crippen LogP contribution >= 0.6 is 23.2 Å². The van der Waals surface area contributed by atoms with Crippen LogP contribution in [0.5, 0.6) is 11.5 Å².